The van der Waals surface area contributed by atoms with E-state index in [4.69, 9.17) is 11.6 Å². The second kappa shape index (κ2) is 6.11. The van der Waals surface area contributed by atoms with Gasteiger partial charge in [0.15, 0.2) is 0 Å². The van der Waals surface area contributed by atoms with Crippen LogP contribution in [-0.4, -0.2) is 47.5 Å². The summed E-state index contributed by atoms with van der Waals surface area (Å²) in [7, 11) is 2.11. The molecule has 1 aliphatic rings. The summed E-state index contributed by atoms with van der Waals surface area (Å²) in [6.45, 7) is 2.87. The van der Waals surface area contributed by atoms with Crippen molar-refractivity contribution in [2.75, 3.05) is 26.7 Å². The number of hydrogen-bond donors (Lipinski definition) is 1. The third-order valence-electron chi connectivity index (χ3n) is 3.13. The van der Waals surface area contributed by atoms with Crippen LogP contribution in [0.15, 0.2) is 12.4 Å². The van der Waals surface area contributed by atoms with Gasteiger partial charge in [0.1, 0.15) is 10.8 Å². The quantitative estimate of drug-likeness (QED) is 0.895. The van der Waals surface area contributed by atoms with Crippen molar-refractivity contribution in [2.45, 2.75) is 12.8 Å². The Kier molecular flexibility index (Phi) is 4.49. The van der Waals surface area contributed by atoms with Gasteiger partial charge in [-0.2, -0.15) is 0 Å². The Morgan fingerprint density at radius 1 is 1.56 bits per heavy atom. The first kappa shape index (κ1) is 13.2. The lowest BCUT2D eigenvalue weighted by Gasteiger charge is -2.29. The highest BCUT2D eigenvalue weighted by Gasteiger charge is 2.18. The summed E-state index contributed by atoms with van der Waals surface area (Å²) in [5.41, 5.74) is 0.309. The molecular formula is C12H17ClN4O. The summed E-state index contributed by atoms with van der Waals surface area (Å²) >= 11 is 5.62. The Morgan fingerprint density at radius 3 is 3.06 bits per heavy atom. The van der Waals surface area contributed by atoms with Crippen LogP contribution in [0.2, 0.25) is 5.15 Å². The fourth-order valence-electron chi connectivity index (χ4n) is 2.20. The number of carbonyl (C=O) groups is 1. The average molecular weight is 269 g/mol. The molecule has 0 aliphatic carbocycles. The van der Waals surface area contributed by atoms with Gasteiger partial charge >= 0.3 is 0 Å². The summed E-state index contributed by atoms with van der Waals surface area (Å²) < 4.78 is 0. The van der Waals surface area contributed by atoms with Crippen molar-refractivity contribution >= 4 is 17.5 Å². The van der Waals surface area contributed by atoms with Gasteiger partial charge in [0, 0.05) is 13.1 Å². The van der Waals surface area contributed by atoms with Gasteiger partial charge in [-0.1, -0.05) is 11.6 Å². The summed E-state index contributed by atoms with van der Waals surface area (Å²) in [5, 5.41) is 3.19. The number of halogens is 1. The van der Waals surface area contributed by atoms with Crippen LogP contribution in [-0.2, 0) is 0 Å². The second-order valence-electron chi connectivity index (χ2n) is 4.70. The first-order chi connectivity index (χ1) is 8.65. The highest BCUT2D eigenvalue weighted by atomic mass is 35.5. The summed E-state index contributed by atoms with van der Waals surface area (Å²) in [5.74, 6) is 0.334. The summed E-state index contributed by atoms with van der Waals surface area (Å²) in [6.07, 6.45) is 5.13. The Morgan fingerprint density at radius 2 is 2.39 bits per heavy atom. The monoisotopic (exact) mass is 268 g/mol. The van der Waals surface area contributed by atoms with E-state index >= 15 is 0 Å². The SMILES string of the molecule is CN1CCCC(CNC(=O)c2cnc(Cl)cn2)C1. The Hall–Kier alpha value is -1.20. The lowest BCUT2D eigenvalue weighted by molar-refractivity contribution is 0.0931. The zero-order chi connectivity index (χ0) is 13.0. The zero-order valence-electron chi connectivity index (χ0n) is 10.4. The van der Waals surface area contributed by atoms with Gasteiger partial charge < -0.3 is 10.2 Å². The normalized spacial score (nSPS) is 20.7. The largest absolute Gasteiger partial charge is 0.350 e. The van der Waals surface area contributed by atoms with Gasteiger partial charge in [-0.05, 0) is 32.4 Å². The number of piperidine rings is 1. The van der Waals surface area contributed by atoms with Crippen molar-refractivity contribution in [3.63, 3.8) is 0 Å². The van der Waals surface area contributed by atoms with Gasteiger partial charge in [0.05, 0.1) is 12.4 Å². The third-order valence-corrected chi connectivity index (χ3v) is 3.32. The van der Waals surface area contributed by atoms with E-state index in [2.05, 4.69) is 27.2 Å². The molecule has 1 amide bonds. The van der Waals surface area contributed by atoms with Crippen LogP contribution >= 0.6 is 11.6 Å². The maximum absolute atomic E-state index is 11.8. The topological polar surface area (TPSA) is 58.1 Å². The molecule has 1 unspecified atom stereocenters. The highest BCUT2D eigenvalue weighted by Crippen LogP contribution is 2.14. The molecular weight excluding hydrogens is 252 g/mol. The number of amides is 1. The van der Waals surface area contributed by atoms with Crippen LogP contribution in [0.5, 0.6) is 0 Å². The van der Waals surface area contributed by atoms with E-state index in [1.807, 2.05) is 0 Å². The fraction of sp³-hybridized carbons (Fsp3) is 0.583. The predicted molar refractivity (Wildman–Crippen MR) is 69.6 cm³/mol. The summed E-state index contributed by atoms with van der Waals surface area (Å²) in [4.78, 5) is 21.9. The predicted octanol–water partition coefficient (Wildman–Crippen LogP) is 1.20. The van der Waals surface area contributed by atoms with Gasteiger partial charge in [-0.15, -0.1) is 0 Å². The molecule has 98 valence electrons. The molecule has 2 heterocycles. The van der Waals surface area contributed by atoms with Gasteiger partial charge in [-0.3, -0.25) is 4.79 Å². The maximum atomic E-state index is 11.8. The Bertz CT molecular complexity index is 409. The first-order valence-electron chi connectivity index (χ1n) is 6.09. The van der Waals surface area contributed by atoms with Crippen molar-refractivity contribution in [1.82, 2.24) is 20.2 Å². The minimum Gasteiger partial charge on any atom is -0.350 e. The van der Waals surface area contributed by atoms with Crippen molar-refractivity contribution in [1.29, 1.82) is 0 Å². The van der Waals surface area contributed by atoms with E-state index in [1.165, 1.54) is 18.8 Å². The number of hydrogen-bond acceptors (Lipinski definition) is 4. The van der Waals surface area contributed by atoms with E-state index in [9.17, 15) is 4.79 Å². The van der Waals surface area contributed by atoms with Crippen molar-refractivity contribution in [3.8, 4) is 0 Å². The molecule has 0 saturated carbocycles. The molecule has 0 bridgehead atoms. The second-order valence-corrected chi connectivity index (χ2v) is 5.09. The molecule has 1 aromatic rings. The van der Waals surface area contributed by atoms with Crippen molar-refractivity contribution < 1.29 is 4.79 Å². The lowest BCUT2D eigenvalue weighted by atomic mass is 9.98. The van der Waals surface area contributed by atoms with Crippen LogP contribution in [0.3, 0.4) is 0 Å². The molecule has 1 N–H and O–H groups in total. The third kappa shape index (κ3) is 3.65. The minimum atomic E-state index is -0.188. The summed E-state index contributed by atoms with van der Waals surface area (Å²) in [6, 6.07) is 0. The number of nitrogens with zero attached hydrogens (tertiary/aromatic N) is 3. The first-order valence-corrected chi connectivity index (χ1v) is 6.47. The Labute approximate surface area is 112 Å². The van der Waals surface area contributed by atoms with Crippen molar-refractivity contribution in [2.24, 2.45) is 5.92 Å². The van der Waals surface area contributed by atoms with E-state index in [-0.39, 0.29) is 5.91 Å². The molecule has 1 fully saturated rings. The highest BCUT2D eigenvalue weighted by molar-refractivity contribution is 6.29. The van der Waals surface area contributed by atoms with Crippen LogP contribution < -0.4 is 5.32 Å². The number of likely N-dealkylation sites (tertiary alicyclic amines) is 1. The number of nitrogens with one attached hydrogen (secondary N) is 1. The molecule has 1 aromatic heterocycles. The van der Waals surface area contributed by atoms with E-state index in [0.29, 0.717) is 23.3 Å². The molecule has 18 heavy (non-hydrogen) atoms. The van der Waals surface area contributed by atoms with Crippen LogP contribution in [0, 0.1) is 5.92 Å². The maximum Gasteiger partial charge on any atom is 0.271 e. The zero-order valence-corrected chi connectivity index (χ0v) is 11.2. The standard InChI is InChI=1S/C12H17ClN4O/c1-17-4-2-3-9(8-17)5-16-12(18)10-6-15-11(13)7-14-10/h6-7,9H,2-5,8H2,1H3,(H,16,18). The molecule has 1 saturated heterocycles. The molecule has 2 rings (SSSR count). The number of aromatic nitrogens is 2. The Balaban J connectivity index is 1.82. The smallest absolute Gasteiger partial charge is 0.271 e. The van der Waals surface area contributed by atoms with E-state index < -0.39 is 0 Å². The molecule has 0 spiro atoms. The molecule has 0 aromatic carbocycles. The molecule has 1 aliphatic heterocycles. The van der Waals surface area contributed by atoms with Gasteiger partial charge in [0.2, 0.25) is 0 Å². The van der Waals surface area contributed by atoms with E-state index in [1.54, 1.807) is 0 Å². The van der Waals surface area contributed by atoms with Gasteiger partial charge in [0.25, 0.3) is 5.91 Å². The van der Waals surface area contributed by atoms with E-state index in [0.717, 1.165) is 19.5 Å². The number of rotatable bonds is 3. The minimum absolute atomic E-state index is 0.188. The van der Waals surface area contributed by atoms with Crippen LogP contribution in [0.25, 0.3) is 0 Å². The van der Waals surface area contributed by atoms with Crippen molar-refractivity contribution in [3.05, 3.63) is 23.2 Å². The number of carbonyl (C=O) groups excluding carboxylic acids is 1. The van der Waals surface area contributed by atoms with Gasteiger partial charge in [-0.25, -0.2) is 9.97 Å². The molecule has 6 heteroatoms. The molecule has 5 nitrogen and oxygen atoms in total. The van der Waals surface area contributed by atoms with Crippen LogP contribution in [0.1, 0.15) is 23.3 Å². The lowest BCUT2D eigenvalue weighted by Crippen LogP contribution is -2.39. The average Bonchev–Trinajstić information content (AvgIpc) is 2.37. The fourth-order valence-corrected chi connectivity index (χ4v) is 2.29. The molecule has 0 radical (unpaired) electrons. The molecule has 1 atom stereocenters. The van der Waals surface area contributed by atoms with Crippen LogP contribution in [0.4, 0.5) is 0 Å².